The fourth-order valence-corrected chi connectivity index (χ4v) is 3.86. The van der Waals surface area contributed by atoms with Crippen molar-refractivity contribution in [1.29, 1.82) is 0 Å². The molecule has 0 radical (unpaired) electrons. The van der Waals surface area contributed by atoms with Gasteiger partial charge in [-0.3, -0.25) is 4.79 Å². The van der Waals surface area contributed by atoms with Crippen LogP contribution in [0, 0.1) is 0 Å². The summed E-state index contributed by atoms with van der Waals surface area (Å²) in [5.74, 6) is 0.444. The van der Waals surface area contributed by atoms with Crippen LogP contribution in [0.5, 0.6) is 0 Å². The smallest absolute Gasteiger partial charge is 0.278 e. The number of hydrogen-bond donors (Lipinski definition) is 2. The van der Waals surface area contributed by atoms with Crippen LogP contribution in [0.3, 0.4) is 0 Å². The fraction of sp³-hybridized carbons (Fsp3) is 0.238. The number of nitrogens with one attached hydrogen (secondary N) is 2. The van der Waals surface area contributed by atoms with Crippen LogP contribution in [0.2, 0.25) is 10.0 Å². The zero-order valence-electron chi connectivity index (χ0n) is 15.2. The molecular weight excluding hydrogens is 395 g/mol. The average Bonchev–Trinajstić information content (AvgIpc) is 3.21. The number of aromatic amines is 1. The maximum atomic E-state index is 13.4. The van der Waals surface area contributed by atoms with Crippen molar-refractivity contribution in [1.82, 2.24) is 15.3 Å². The Hall–Kier alpha value is -2.34. The molecule has 0 spiro atoms. The van der Waals surface area contributed by atoms with Gasteiger partial charge >= 0.3 is 0 Å². The van der Waals surface area contributed by atoms with E-state index in [2.05, 4.69) is 15.3 Å². The van der Waals surface area contributed by atoms with Crippen molar-refractivity contribution >= 4 is 34.8 Å². The highest BCUT2D eigenvalue weighted by atomic mass is 35.5. The fourth-order valence-electron chi connectivity index (χ4n) is 3.51. The molecule has 2 aromatic carbocycles. The number of benzene rings is 2. The highest BCUT2D eigenvalue weighted by Gasteiger charge is 2.29. The molecule has 1 aromatic heterocycles. The Morgan fingerprint density at radius 1 is 1.04 bits per heavy atom. The molecule has 4 rings (SSSR count). The van der Waals surface area contributed by atoms with Crippen LogP contribution in [0.15, 0.2) is 54.7 Å². The standard InChI is InChI=1S/C21H20Cl2N4O/c22-14-5-7-15(8-6-14)27(16-9-11-24-12-10-16)21(28)19-13-25-20(26-19)17-3-1-2-4-18(17)23/h1-8,13,16,24H,9-12H2,(H,25,26). The topological polar surface area (TPSA) is 61.0 Å². The quantitative estimate of drug-likeness (QED) is 0.645. The first-order chi connectivity index (χ1) is 13.6. The van der Waals surface area contributed by atoms with Crippen molar-refractivity contribution in [3.63, 3.8) is 0 Å². The number of nitrogens with zero attached hydrogens (tertiary/aromatic N) is 2. The van der Waals surface area contributed by atoms with Crippen LogP contribution < -0.4 is 10.2 Å². The zero-order chi connectivity index (χ0) is 19.5. The number of amides is 1. The molecule has 0 atom stereocenters. The van der Waals surface area contributed by atoms with E-state index in [1.807, 2.05) is 35.2 Å². The minimum Gasteiger partial charge on any atom is -0.344 e. The van der Waals surface area contributed by atoms with E-state index >= 15 is 0 Å². The van der Waals surface area contributed by atoms with Crippen molar-refractivity contribution in [2.75, 3.05) is 18.0 Å². The van der Waals surface area contributed by atoms with Gasteiger partial charge in [0.15, 0.2) is 0 Å². The van der Waals surface area contributed by atoms with E-state index in [1.165, 1.54) is 0 Å². The number of carbonyl (C=O) groups is 1. The Labute approximate surface area is 173 Å². The molecule has 0 saturated carbocycles. The average molecular weight is 415 g/mol. The molecule has 1 saturated heterocycles. The normalized spacial score (nSPS) is 14.8. The van der Waals surface area contributed by atoms with Crippen molar-refractivity contribution in [3.05, 3.63) is 70.5 Å². The van der Waals surface area contributed by atoms with E-state index in [4.69, 9.17) is 23.2 Å². The van der Waals surface area contributed by atoms with E-state index in [1.54, 1.807) is 24.4 Å². The SMILES string of the molecule is O=C(c1c[nH]c(-c2ccccc2Cl)n1)N(c1ccc(Cl)cc1)C1CCNCC1. The van der Waals surface area contributed by atoms with Crippen LogP contribution in [-0.4, -0.2) is 35.0 Å². The van der Waals surface area contributed by atoms with Crippen molar-refractivity contribution in [3.8, 4) is 11.4 Å². The van der Waals surface area contributed by atoms with Crippen LogP contribution in [0.1, 0.15) is 23.3 Å². The Morgan fingerprint density at radius 3 is 2.46 bits per heavy atom. The van der Waals surface area contributed by atoms with Crippen molar-refractivity contribution in [2.45, 2.75) is 18.9 Å². The number of anilines is 1. The third kappa shape index (κ3) is 3.92. The molecule has 5 nitrogen and oxygen atoms in total. The second kappa shape index (κ2) is 8.35. The Bertz CT molecular complexity index is 965. The maximum absolute atomic E-state index is 13.4. The number of halogens is 2. The van der Waals surface area contributed by atoms with Gasteiger partial charge in [0.05, 0.1) is 5.02 Å². The predicted octanol–water partition coefficient (Wildman–Crippen LogP) is 4.78. The van der Waals surface area contributed by atoms with E-state index < -0.39 is 0 Å². The lowest BCUT2D eigenvalue weighted by Gasteiger charge is -2.34. The number of carbonyl (C=O) groups excluding carboxylic acids is 1. The van der Waals surface area contributed by atoms with Crippen LogP contribution >= 0.6 is 23.2 Å². The van der Waals surface area contributed by atoms with E-state index in [9.17, 15) is 4.79 Å². The van der Waals surface area contributed by atoms with E-state index in [-0.39, 0.29) is 11.9 Å². The Kier molecular flexibility index (Phi) is 5.67. The monoisotopic (exact) mass is 414 g/mol. The molecule has 28 heavy (non-hydrogen) atoms. The largest absolute Gasteiger partial charge is 0.344 e. The minimum absolute atomic E-state index is 0.107. The molecule has 144 valence electrons. The molecule has 2 N–H and O–H groups in total. The Balaban J connectivity index is 1.67. The highest BCUT2D eigenvalue weighted by Crippen LogP contribution is 2.28. The number of piperidine rings is 1. The van der Waals surface area contributed by atoms with Gasteiger partial charge in [-0.15, -0.1) is 0 Å². The predicted molar refractivity (Wildman–Crippen MR) is 113 cm³/mol. The van der Waals surface area contributed by atoms with E-state index in [0.29, 0.717) is 21.6 Å². The van der Waals surface area contributed by atoms with Crippen LogP contribution in [0.4, 0.5) is 5.69 Å². The van der Waals surface area contributed by atoms with Gasteiger partial charge in [-0.25, -0.2) is 4.98 Å². The number of H-pyrrole nitrogens is 1. The van der Waals surface area contributed by atoms with Gasteiger partial charge in [0.1, 0.15) is 11.5 Å². The van der Waals surface area contributed by atoms with Gasteiger partial charge in [-0.05, 0) is 62.3 Å². The summed E-state index contributed by atoms with van der Waals surface area (Å²) in [5, 5.41) is 4.57. The van der Waals surface area contributed by atoms with Gasteiger partial charge in [0, 0.05) is 28.5 Å². The molecule has 1 aliphatic heterocycles. The maximum Gasteiger partial charge on any atom is 0.278 e. The summed E-state index contributed by atoms with van der Waals surface area (Å²) in [6, 6.07) is 14.9. The summed E-state index contributed by atoms with van der Waals surface area (Å²) in [5.41, 5.74) is 1.95. The molecule has 0 unspecified atom stereocenters. The third-order valence-corrected chi connectivity index (χ3v) is 5.50. The molecule has 7 heteroatoms. The second-order valence-electron chi connectivity index (χ2n) is 6.75. The van der Waals surface area contributed by atoms with Gasteiger partial charge in [0.25, 0.3) is 5.91 Å². The molecular formula is C21H20Cl2N4O. The summed E-state index contributed by atoms with van der Waals surface area (Å²) < 4.78 is 0. The lowest BCUT2D eigenvalue weighted by Crippen LogP contribution is -2.46. The number of imidazole rings is 1. The molecule has 1 aliphatic rings. The lowest BCUT2D eigenvalue weighted by atomic mass is 10.0. The third-order valence-electron chi connectivity index (χ3n) is 4.92. The van der Waals surface area contributed by atoms with Crippen LogP contribution in [0.25, 0.3) is 11.4 Å². The minimum atomic E-state index is -0.135. The van der Waals surface area contributed by atoms with E-state index in [0.717, 1.165) is 37.2 Å². The first kappa shape index (κ1) is 19.0. The van der Waals surface area contributed by atoms with Crippen LogP contribution in [-0.2, 0) is 0 Å². The van der Waals surface area contributed by atoms with Crippen molar-refractivity contribution < 1.29 is 4.79 Å². The number of rotatable bonds is 4. The molecule has 0 bridgehead atoms. The Morgan fingerprint density at radius 2 is 1.75 bits per heavy atom. The summed E-state index contributed by atoms with van der Waals surface area (Å²) in [7, 11) is 0. The molecule has 1 fully saturated rings. The first-order valence-corrected chi connectivity index (χ1v) is 9.99. The summed E-state index contributed by atoms with van der Waals surface area (Å²) in [4.78, 5) is 22.9. The lowest BCUT2D eigenvalue weighted by molar-refractivity contribution is 0.0967. The van der Waals surface area contributed by atoms with Gasteiger partial charge in [-0.1, -0.05) is 35.3 Å². The van der Waals surface area contributed by atoms with Gasteiger partial charge in [-0.2, -0.15) is 0 Å². The zero-order valence-corrected chi connectivity index (χ0v) is 16.7. The molecule has 3 aromatic rings. The first-order valence-electron chi connectivity index (χ1n) is 9.23. The number of hydrogen-bond acceptors (Lipinski definition) is 3. The number of aromatic nitrogens is 2. The van der Waals surface area contributed by atoms with Gasteiger partial charge < -0.3 is 15.2 Å². The summed E-state index contributed by atoms with van der Waals surface area (Å²) >= 11 is 12.3. The highest BCUT2D eigenvalue weighted by molar-refractivity contribution is 6.33. The van der Waals surface area contributed by atoms with Crippen molar-refractivity contribution in [2.24, 2.45) is 0 Å². The molecule has 2 heterocycles. The van der Waals surface area contributed by atoms with Gasteiger partial charge in [0.2, 0.25) is 0 Å². The summed E-state index contributed by atoms with van der Waals surface area (Å²) in [6.45, 7) is 1.76. The second-order valence-corrected chi connectivity index (χ2v) is 7.59. The summed E-state index contributed by atoms with van der Waals surface area (Å²) in [6.07, 6.45) is 3.41. The molecule has 0 aliphatic carbocycles. The molecule has 1 amide bonds.